The summed E-state index contributed by atoms with van der Waals surface area (Å²) in [5.74, 6) is 1.97. The molecule has 1 fully saturated rings. The summed E-state index contributed by atoms with van der Waals surface area (Å²) in [6, 6.07) is 0. The molecule has 0 bridgehead atoms. The second-order valence-electron chi connectivity index (χ2n) is 4.47. The Bertz CT molecular complexity index is 117. The maximum Gasteiger partial charge on any atom is -0.00205 e. The van der Waals surface area contributed by atoms with E-state index in [9.17, 15) is 0 Å². The summed E-state index contributed by atoms with van der Waals surface area (Å²) in [5.41, 5.74) is 0. The first-order valence-corrected chi connectivity index (χ1v) is 6.07. The minimum absolute atomic E-state index is 0. The summed E-state index contributed by atoms with van der Waals surface area (Å²) in [4.78, 5) is 0. The van der Waals surface area contributed by atoms with Gasteiger partial charge in [-0.05, 0) is 44.2 Å². The Kier molecular flexibility index (Phi) is 8.70. The average molecular weight is 220 g/mol. The highest BCUT2D eigenvalue weighted by atomic mass is 35.5. The summed E-state index contributed by atoms with van der Waals surface area (Å²) in [6.45, 7) is 7.18. The SMILES string of the molecule is CCC(CC)CCC1CCCNC1.Cl. The number of hydrogen-bond donors (Lipinski definition) is 1. The minimum atomic E-state index is 0. The molecular weight excluding hydrogens is 194 g/mol. The van der Waals surface area contributed by atoms with Gasteiger partial charge in [0.2, 0.25) is 0 Å². The van der Waals surface area contributed by atoms with E-state index >= 15 is 0 Å². The van der Waals surface area contributed by atoms with Gasteiger partial charge in [0.1, 0.15) is 0 Å². The maximum atomic E-state index is 3.49. The monoisotopic (exact) mass is 219 g/mol. The van der Waals surface area contributed by atoms with Crippen LogP contribution in [0, 0.1) is 11.8 Å². The van der Waals surface area contributed by atoms with Crippen LogP contribution in [0.2, 0.25) is 0 Å². The quantitative estimate of drug-likeness (QED) is 0.745. The predicted octanol–water partition coefficient (Wildman–Crippen LogP) is 3.62. The van der Waals surface area contributed by atoms with Crippen LogP contribution in [-0.4, -0.2) is 13.1 Å². The molecule has 1 unspecified atom stereocenters. The van der Waals surface area contributed by atoms with Crippen molar-refractivity contribution in [2.75, 3.05) is 13.1 Å². The van der Waals surface area contributed by atoms with Crippen molar-refractivity contribution in [2.24, 2.45) is 11.8 Å². The van der Waals surface area contributed by atoms with Crippen LogP contribution in [-0.2, 0) is 0 Å². The van der Waals surface area contributed by atoms with Gasteiger partial charge < -0.3 is 5.32 Å². The van der Waals surface area contributed by atoms with Gasteiger partial charge in [0.15, 0.2) is 0 Å². The van der Waals surface area contributed by atoms with Gasteiger partial charge in [-0.1, -0.05) is 33.1 Å². The van der Waals surface area contributed by atoms with E-state index < -0.39 is 0 Å². The Morgan fingerprint density at radius 2 is 2.00 bits per heavy atom. The number of piperidine rings is 1. The molecule has 1 saturated heterocycles. The summed E-state index contributed by atoms with van der Waals surface area (Å²) >= 11 is 0. The number of rotatable bonds is 5. The van der Waals surface area contributed by atoms with Crippen molar-refractivity contribution in [3.63, 3.8) is 0 Å². The zero-order valence-corrected chi connectivity index (χ0v) is 10.5. The van der Waals surface area contributed by atoms with Crippen LogP contribution in [0.5, 0.6) is 0 Å². The van der Waals surface area contributed by atoms with Crippen LogP contribution in [0.3, 0.4) is 0 Å². The summed E-state index contributed by atoms with van der Waals surface area (Å²) in [7, 11) is 0. The fourth-order valence-corrected chi connectivity index (χ4v) is 2.34. The molecule has 0 aromatic rings. The molecular formula is C12H26ClN. The Labute approximate surface area is 95.5 Å². The van der Waals surface area contributed by atoms with E-state index in [1.807, 2.05) is 0 Å². The average Bonchev–Trinajstić information content (AvgIpc) is 2.21. The standard InChI is InChI=1S/C12H25N.ClH/c1-3-11(4-2)7-8-12-6-5-9-13-10-12;/h11-13H,3-10H2,1-2H3;1H. The normalized spacial score (nSPS) is 22.1. The Morgan fingerprint density at radius 3 is 2.50 bits per heavy atom. The highest BCUT2D eigenvalue weighted by Gasteiger charge is 2.14. The van der Waals surface area contributed by atoms with E-state index in [1.54, 1.807) is 0 Å². The third kappa shape index (κ3) is 5.21. The number of halogens is 1. The predicted molar refractivity (Wildman–Crippen MR) is 66.1 cm³/mol. The molecule has 0 aromatic heterocycles. The van der Waals surface area contributed by atoms with Gasteiger partial charge in [-0.15, -0.1) is 12.4 Å². The Morgan fingerprint density at radius 1 is 1.29 bits per heavy atom. The fourth-order valence-electron chi connectivity index (χ4n) is 2.34. The lowest BCUT2D eigenvalue weighted by Crippen LogP contribution is -2.29. The van der Waals surface area contributed by atoms with Crippen molar-refractivity contribution in [3.8, 4) is 0 Å². The molecule has 1 aliphatic rings. The minimum Gasteiger partial charge on any atom is -0.316 e. The smallest absolute Gasteiger partial charge is 0.00205 e. The van der Waals surface area contributed by atoms with Crippen molar-refractivity contribution in [3.05, 3.63) is 0 Å². The molecule has 0 radical (unpaired) electrons. The van der Waals surface area contributed by atoms with E-state index in [-0.39, 0.29) is 12.4 Å². The maximum absolute atomic E-state index is 3.49. The van der Waals surface area contributed by atoms with Crippen LogP contribution in [0.4, 0.5) is 0 Å². The fraction of sp³-hybridized carbons (Fsp3) is 1.00. The molecule has 0 spiro atoms. The summed E-state index contributed by atoms with van der Waals surface area (Å²) in [6.07, 6.45) is 8.52. The first-order valence-electron chi connectivity index (χ1n) is 6.07. The van der Waals surface area contributed by atoms with Crippen molar-refractivity contribution in [1.29, 1.82) is 0 Å². The molecule has 86 valence electrons. The molecule has 1 N–H and O–H groups in total. The Balaban J connectivity index is 0.00000169. The third-order valence-electron chi connectivity index (χ3n) is 3.54. The van der Waals surface area contributed by atoms with Gasteiger partial charge in [0, 0.05) is 0 Å². The molecule has 0 aliphatic carbocycles. The van der Waals surface area contributed by atoms with Crippen molar-refractivity contribution in [1.82, 2.24) is 5.32 Å². The number of hydrogen-bond acceptors (Lipinski definition) is 1. The van der Waals surface area contributed by atoms with Gasteiger partial charge in [0.05, 0.1) is 0 Å². The zero-order chi connectivity index (χ0) is 9.52. The van der Waals surface area contributed by atoms with Crippen LogP contribution in [0.1, 0.15) is 52.4 Å². The molecule has 1 aliphatic heterocycles. The first kappa shape index (κ1) is 14.2. The highest BCUT2D eigenvalue weighted by molar-refractivity contribution is 5.85. The van der Waals surface area contributed by atoms with Crippen molar-refractivity contribution in [2.45, 2.75) is 52.4 Å². The molecule has 14 heavy (non-hydrogen) atoms. The number of nitrogens with one attached hydrogen (secondary N) is 1. The van der Waals surface area contributed by atoms with E-state index in [2.05, 4.69) is 19.2 Å². The largest absolute Gasteiger partial charge is 0.316 e. The van der Waals surface area contributed by atoms with E-state index in [0.717, 1.165) is 11.8 Å². The molecule has 2 heteroatoms. The van der Waals surface area contributed by atoms with Crippen molar-refractivity contribution >= 4 is 12.4 Å². The Hall–Kier alpha value is 0.250. The van der Waals surface area contributed by atoms with Crippen LogP contribution >= 0.6 is 12.4 Å². The summed E-state index contributed by atoms with van der Waals surface area (Å²) in [5, 5.41) is 3.49. The van der Waals surface area contributed by atoms with Crippen LogP contribution in [0.25, 0.3) is 0 Å². The lowest BCUT2D eigenvalue weighted by molar-refractivity contribution is 0.316. The van der Waals surface area contributed by atoms with Gasteiger partial charge in [-0.2, -0.15) is 0 Å². The molecule has 1 atom stereocenters. The molecule has 0 saturated carbocycles. The van der Waals surface area contributed by atoms with E-state index in [1.165, 1.54) is 51.6 Å². The topological polar surface area (TPSA) is 12.0 Å². The molecule has 0 amide bonds. The molecule has 0 aromatic carbocycles. The van der Waals surface area contributed by atoms with E-state index in [4.69, 9.17) is 0 Å². The molecule has 1 nitrogen and oxygen atoms in total. The van der Waals surface area contributed by atoms with Crippen LogP contribution in [0.15, 0.2) is 0 Å². The van der Waals surface area contributed by atoms with Gasteiger partial charge in [0.25, 0.3) is 0 Å². The van der Waals surface area contributed by atoms with Gasteiger partial charge >= 0.3 is 0 Å². The van der Waals surface area contributed by atoms with Gasteiger partial charge in [-0.25, -0.2) is 0 Å². The molecule has 1 heterocycles. The first-order chi connectivity index (χ1) is 6.36. The van der Waals surface area contributed by atoms with Crippen molar-refractivity contribution < 1.29 is 0 Å². The second-order valence-corrected chi connectivity index (χ2v) is 4.47. The second kappa shape index (κ2) is 8.55. The van der Waals surface area contributed by atoms with E-state index in [0.29, 0.717) is 0 Å². The van der Waals surface area contributed by atoms with Crippen LogP contribution < -0.4 is 5.32 Å². The third-order valence-corrected chi connectivity index (χ3v) is 3.54. The summed E-state index contributed by atoms with van der Waals surface area (Å²) < 4.78 is 0. The lowest BCUT2D eigenvalue weighted by atomic mass is 9.88. The van der Waals surface area contributed by atoms with Gasteiger partial charge in [-0.3, -0.25) is 0 Å². The molecule has 1 rings (SSSR count). The lowest BCUT2D eigenvalue weighted by Gasteiger charge is -2.24. The zero-order valence-electron chi connectivity index (χ0n) is 9.72. The highest BCUT2D eigenvalue weighted by Crippen LogP contribution is 2.22.